The summed E-state index contributed by atoms with van der Waals surface area (Å²) in [6.45, 7) is 4.03. The van der Waals surface area contributed by atoms with E-state index in [-0.39, 0.29) is 17.2 Å². The number of fused-ring (bicyclic) bond motifs is 3. The van der Waals surface area contributed by atoms with E-state index in [1.165, 1.54) is 27.7 Å². The second-order valence-electron chi connectivity index (χ2n) is 5.67. The number of para-hydroxylation sites is 1. The van der Waals surface area contributed by atoms with Gasteiger partial charge in [0.15, 0.2) is 10.3 Å². The van der Waals surface area contributed by atoms with Gasteiger partial charge in [-0.15, -0.1) is 17.9 Å². The van der Waals surface area contributed by atoms with Crippen molar-refractivity contribution < 1.29 is 4.79 Å². The fourth-order valence-corrected chi connectivity index (χ4v) is 4.09. The molecule has 0 aliphatic rings. The zero-order valence-electron chi connectivity index (χ0n) is 14.1. The highest BCUT2D eigenvalue weighted by molar-refractivity contribution is 7.99. The van der Waals surface area contributed by atoms with Crippen LogP contribution in [0, 0.1) is 0 Å². The fraction of sp³-hybridized carbons (Fsp3) is 0.111. The molecule has 0 spiro atoms. The van der Waals surface area contributed by atoms with Gasteiger partial charge in [-0.05, 0) is 6.07 Å². The van der Waals surface area contributed by atoms with E-state index in [0.717, 1.165) is 10.9 Å². The smallest absolute Gasteiger partial charge is 0.278 e. The molecule has 0 aliphatic carbocycles. The monoisotopic (exact) mass is 397 g/mol. The van der Waals surface area contributed by atoms with Crippen LogP contribution >= 0.6 is 23.1 Å². The summed E-state index contributed by atoms with van der Waals surface area (Å²) < 4.78 is 1.52. The Hall–Kier alpha value is -2.91. The minimum atomic E-state index is -0.201. The van der Waals surface area contributed by atoms with Crippen LogP contribution in [0.15, 0.2) is 58.4 Å². The Morgan fingerprint density at radius 3 is 3.04 bits per heavy atom. The number of hydrogen-bond acceptors (Lipinski definition) is 6. The molecule has 0 bridgehead atoms. The first-order chi connectivity index (χ1) is 13.2. The summed E-state index contributed by atoms with van der Waals surface area (Å²) in [6.07, 6.45) is 3.26. The maximum absolute atomic E-state index is 12.9. The normalized spacial score (nSPS) is 11.1. The number of benzene rings is 1. The number of rotatable bonds is 6. The summed E-state index contributed by atoms with van der Waals surface area (Å²) in [4.78, 5) is 36.9. The van der Waals surface area contributed by atoms with Crippen LogP contribution in [-0.4, -0.2) is 31.2 Å². The predicted octanol–water partition coefficient (Wildman–Crippen LogP) is 3.25. The summed E-state index contributed by atoms with van der Waals surface area (Å²) in [6, 6.07) is 7.63. The highest BCUT2D eigenvalue weighted by Gasteiger charge is 2.16. The van der Waals surface area contributed by atoms with Gasteiger partial charge in [0.05, 0.1) is 5.75 Å². The summed E-state index contributed by atoms with van der Waals surface area (Å²) in [5.74, 6) is -0.0785. The first kappa shape index (κ1) is 17.5. The molecule has 0 saturated carbocycles. The molecule has 3 aromatic heterocycles. The molecule has 2 N–H and O–H groups in total. The number of amides is 1. The SMILES string of the molecule is C=CCn1c(SCC(=O)Nc2nccs2)nc2c([nH]c3ccccc32)c1=O. The average Bonchev–Trinajstić information content (AvgIpc) is 3.30. The van der Waals surface area contributed by atoms with E-state index in [2.05, 4.69) is 26.8 Å². The number of thiazole rings is 1. The molecule has 136 valence electrons. The third kappa shape index (κ3) is 3.38. The number of thioether (sulfide) groups is 1. The van der Waals surface area contributed by atoms with Crippen molar-refractivity contribution in [1.82, 2.24) is 19.5 Å². The zero-order valence-corrected chi connectivity index (χ0v) is 15.8. The van der Waals surface area contributed by atoms with E-state index in [1.54, 1.807) is 17.7 Å². The molecule has 4 aromatic rings. The highest BCUT2D eigenvalue weighted by atomic mass is 32.2. The maximum atomic E-state index is 12.9. The van der Waals surface area contributed by atoms with Crippen LogP contribution in [0.3, 0.4) is 0 Å². The van der Waals surface area contributed by atoms with Gasteiger partial charge in [0.1, 0.15) is 11.0 Å². The van der Waals surface area contributed by atoms with Crippen molar-refractivity contribution in [3.8, 4) is 0 Å². The lowest BCUT2D eigenvalue weighted by molar-refractivity contribution is -0.113. The molecule has 27 heavy (non-hydrogen) atoms. The Labute approximate surface area is 162 Å². The van der Waals surface area contributed by atoms with Crippen LogP contribution < -0.4 is 10.9 Å². The molecule has 0 fully saturated rings. The van der Waals surface area contributed by atoms with Gasteiger partial charge < -0.3 is 10.3 Å². The van der Waals surface area contributed by atoms with Crippen molar-refractivity contribution in [2.24, 2.45) is 0 Å². The molecule has 1 aromatic carbocycles. The molecule has 0 atom stereocenters. The van der Waals surface area contributed by atoms with Gasteiger partial charge in [-0.3, -0.25) is 14.2 Å². The Morgan fingerprint density at radius 2 is 2.26 bits per heavy atom. The van der Waals surface area contributed by atoms with E-state index in [1.807, 2.05) is 24.3 Å². The number of H-pyrrole nitrogens is 1. The number of aromatic amines is 1. The molecule has 4 rings (SSSR count). The summed E-state index contributed by atoms with van der Waals surface area (Å²) in [5, 5.41) is 6.42. The standard InChI is InChI=1S/C18H15N5O2S2/c1-2-8-23-16(25)15-14(11-5-3-4-6-12(11)20-15)22-18(23)27-10-13(24)21-17-19-7-9-26-17/h2-7,9,20H,1,8,10H2,(H,19,21,24). The van der Waals surface area contributed by atoms with E-state index in [0.29, 0.717) is 27.9 Å². The predicted molar refractivity (Wildman–Crippen MR) is 110 cm³/mol. The number of nitrogens with one attached hydrogen (secondary N) is 2. The molecule has 9 heteroatoms. The summed E-state index contributed by atoms with van der Waals surface area (Å²) in [5.41, 5.74) is 1.73. The van der Waals surface area contributed by atoms with Crippen LogP contribution in [-0.2, 0) is 11.3 Å². The minimum absolute atomic E-state index is 0.122. The van der Waals surface area contributed by atoms with Crippen molar-refractivity contribution in [2.45, 2.75) is 11.7 Å². The van der Waals surface area contributed by atoms with Crippen LogP contribution in [0.2, 0.25) is 0 Å². The van der Waals surface area contributed by atoms with Gasteiger partial charge in [-0.1, -0.05) is 36.0 Å². The Bertz CT molecular complexity index is 1190. The van der Waals surface area contributed by atoms with Crippen LogP contribution in [0.25, 0.3) is 21.9 Å². The lowest BCUT2D eigenvalue weighted by Crippen LogP contribution is -2.23. The fourth-order valence-electron chi connectivity index (χ4n) is 2.75. The largest absolute Gasteiger partial charge is 0.349 e. The van der Waals surface area contributed by atoms with Gasteiger partial charge >= 0.3 is 0 Å². The molecular formula is C18H15N5O2S2. The number of nitrogens with zero attached hydrogens (tertiary/aromatic N) is 3. The molecule has 7 nitrogen and oxygen atoms in total. The molecule has 0 saturated heterocycles. The number of carbonyl (C=O) groups is 1. The quantitative estimate of drug-likeness (QED) is 0.296. The Morgan fingerprint density at radius 1 is 1.41 bits per heavy atom. The Kier molecular flexibility index (Phi) is 4.78. The maximum Gasteiger partial charge on any atom is 0.278 e. The summed E-state index contributed by atoms with van der Waals surface area (Å²) >= 11 is 2.56. The minimum Gasteiger partial charge on any atom is -0.349 e. The van der Waals surface area contributed by atoms with Crippen molar-refractivity contribution in [3.63, 3.8) is 0 Å². The van der Waals surface area contributed by atoms with Crippen LogP contribution in [0.1, 0.15) is 0 Å². The van der Waals surface area contributed by atoms with Gasteiger partial charge in [0.2, 0.25) is 5.91 Å². The number of anilines is 1. The van der Waals surface area contributed by atoms with Gasteiger partial charge in [0, 0.05) is 29.0 Å². The summed E-state index contributed by atoms with van der Waals surface area (Å²) in [7, 11) is 0. The second-order valence-corrected chi connectivity index (χ2v) is 7.50. The zero-order chi connectivity index (χ0) is 18.8. The molecule has 1 amide bonds. The molecule has 3 heterocycles. The van der Waals surface area contributed by atoms with Gasteiger partial charge in [0.25, 0.3) is 5.56 Å². The molecular weight excluding hydrogens is 382 g/mol. The number of allylic oxidation sites excluding steroid dienone is 1. The van der Waals surface area contributed by atoms with Crippen molar-refractivity contribution in [1.29, 1.82) is 0 Å². The van der Waals surface area contributed by atoms with Gasteiger partial charge in [-0.2, -0.15) is 0 Å². The van der Waals surface area contributed by atoms with Crippen LogP contribution in [0.4, 0.5) is 5.13 Å². The molecule has 0 radical (unpaired) electrons. The third-order valence-electron chi connectivity index (χ3n) is 3.90. The molecule has 0 unspecified atom stereocenters. The average molecular weight is 397 g/mol. The highest BCUT2D eigenvalue weighted by Crippen LogP contribution is 2.24. The van der Waals surface area contributed by atoms with E-state index >= 15 is 0 Å². The number of carbonyl (C=O) groups excluding carboxylic acids is 1. The van der Waals surface area contributed by atoms with Crippen molar-refractivity contribution in [3.05, 3.63) is 58.9 Å². The van der Waals surface area contributed by atoms with Gasteiger partial charge in [-0.25, -0.2) is 9.97 Å². The Balaban J connectivity index is 1.70. The topological polar surface area (TPSA) is 92.7 Å². The first-order valence-electron chi connectivity index (χ1n) is 8.11. The van der Waals surface area contributed by atoms with Crippen LogP contribution in [0.5, 0.6) is 0 Å². The lowest BCUT2D eigenvalue weighted by Gasteiger charge is -2.09. The van der Waals surface area contributed by atoms with Crippen molar-refractivity contribution >= 4 is 56.1 Å². The van der Waals surface area contributed by atoms with E-state index < -0.39 is 0 Å². The third-order valence-corrected chi connectivity index (χ3v) is 5.56. The van der Waals surface area contributed by atoms with E-state index in [9.17, 15) is 9.59 Å². The second kappa shape index (κ2) is 7.37. The first-order valence-corrected chi connectivity index (χ1v) is 9.98. The number of aromatic nitrogens is 4. The lowest BCUT2D eigenvalue weighted by atomic mass is 10.2. The molecule has 0 aliphatic heterocycles. The van der Waals surface area contributed by atoms with Crippen molar-refractivity contribution in [2.75, 3.05) is 11.1 Å². The van der Waals surface area contributed by atoms with E-state index in [4.69, 9.17) is 0 Å². The number of hydrogen-bond donors (Lipinski definition) is 2.